The lowest BCUT2D eigenvalue weighted by molar-refractivity contribution is -0.132. The molecule has 2 amide bonds. The van der Waals surface area contributed by atoms with Gasteiger partial charge in [-0.3, -0.25) is 9.59 Å². The number of nitrogens with zero attached hydrogens (tertiary/aromatic N) is 5. The summed E-state index contributed by atoms with van der Waals surface area (Å²) in [5.41, 5.74) is 0. The van der Waals surface area contributed by atoms with Gasteiger partial charge in [0.25, 0.3) is 0 Å². The first kappa shape index (κ1) is 19.4. The molecule has 7 heteroatoms. The van der Waals surface area contributed by atoms with E-state index >= 15 is 0 Å². The normalized spacial score (nSPS) is 24.0. The number of amides is 2. The third kappa shape index (κ3) is 4.23. The summed E-state index contributed by atoms with van der Waals surface area (Å²) in [5.74, 6) is 3.28. The van der Waals surface area contributed by atoms with Crippen LogP contribution < -0.4 is 0 Å². The van der Waals surface area contributed by atoms with E-state index in [1.807, 2.05) is 9.80 Å². The lowest BCUT2D eigenvalue weighted by Gasteiger charge is -2.31. The van der Waals surface area contributed by atoms with Crippen LogP contribution in [0.4, 0.5) is 0 Å². The standard InChI is InChI=1S/C21H33N5O2/c1-16(27)25-10-5-8-18(15-25)21-23-22-19-9-11-24(12-13-26(19)21)20(28)14-17-6-3-2-4-7-17/h17-18H,2-15H2,1H3. The van der Waals surface area contributed by atoms with E-state index in [1.54, 1.807) is 6.92 Å². The van der Waals surface area contributed by atoms with Crippen LogP contribution in [0.1, 0.15) is 75.9 Å². The summed E-state index contributed by atoms with van der Waals surface area (Å²) in [7, 11) is 0. The molecular formula is C21H33N5O2. The quantitative estimate of drug-likeness (QED) is 0.798. The molecule has 0 bridgehead atoms. The van der Waals surface area contributed by atoms with Crippen molar-refractivity contribution in [2.45, 2.75) is 77.2 Å². The van der Waals surface area contributed by atoms with Gasteiger partial charge in [0.05, 0.1) is 0 Å². The number of rotatable bonds is 3. The van der Waals surface area contributed by atoms with Gasteiger partial charge in [0, 0.05) is 58.4 Å². The Bertz CT molecular complexity index is 710. The molecule has 1 saturated heterocycles. The van der Waals surface area contributed by atoms with E-state index in [-0.39, 0.29) is 11.8 Å². The summed E-state index contributed by atoms with van der Waals surface area (Å²) >= 11 is 0. The van der Waals surface area contributed by atoms with Gasteiger partial charge in [0.2, 0.25) is 11.8 Å². The molecular weight excluding hydrogens is 354 g/mol. The second kappa shape index (κ2) is 8.62. The molecule has 1 unspecified atom stereocenters. The first-order valence-electron chi connectivity index (χ1n) is 11.1. The van der Waals surface area contributed by atoms with Crippen LogP contribution in [0.3, 0.4) is 0 Å². The molecule has 3 aliphatic rings. The number of likely N-dealkylation sites (tertiary alicyclic amines) is 1. The van der Waals surface area contributed by atoms with Crippen molar-refractivity contribution in [2.24, 2.45) is 5.92 Å². The Hall–Kier alpha value is -1.92. The maximum absolute atomic E-state index is 12.8. The number of fused-ring (bicyclic) bond motifs is 1. The Morgan fingerprint density at radius 3 is 2.54 bits per heavy atom. The van der Waals surface area contributed by atoms with Crippen molar-refractivity contribution in [1.29, 1.82) is 0 Å². The summed E-state index contributed by atoms with van der Waals surface area (Å²) in [5, 5.41) is 8.93. The van der Waals surface area contributed by atoms with Gasteiger partial charge >= 0.3 is 0 Å². The molecule has 1 atom stereocenters. The molecule has 1 saturated carbocycles. The second-order valence-electron chi connectivity index (χ2n) is 8.77. The third-order valence-corrected chi connectivity index (χ3v) is 6.83. The molecule has 28 heavy (non-hydrogen) atoms. The van der Waals surface area contributed by atoms with Crippen LogP contribution in [-0.4, -0.2) is 62.6 Å². The largest absolute Gasteiger partial charge is 0.342 e. The Balaban J connectivity index is 1.39. The van der Waals surface area contributed by atoms with Gasteiger partial charge in [-0.25, -0.2) is 0 Å². The van der Waals surface area contributed by atoms with Crippen LogP contribution in [0.15, 0.2) is 0 Å². The van der Waals surface area contributed by atoms with Crippen LogP contribution in [-0.2, 0) is 22.6 Å². The smallest absolute Gasteiger partial charge is 0.222 e. The number of aromatic nitrogens is 3. The van der Waals surface area contributed by atoms with Gasteiger partial charge < -0.3 is 14.4 Å². The second-order valence-corrected chi connectivity index (χ2v) is 8.77. The summed E-state index contributed by atoms with van der Waals surface area (Å²) in [6.45, 7) is 5.47. The monoisotopic (exact) mass is 387 g/mol. The molecule has 1 aromatic rings. The fraction of sp³-hybridized carbons (Fsp3) is 0.810. The van der Waals surface area contributed by atoms with Gasteiger partial charge in [-0.2, -0.15) is 0 Å². The molecule has 0 radical (unpaired) electrons. The maximum atomic E-state index is 12.8. The van der Waals surface area contributed by atoms with E-state index in [1.165, 1.54) is 32.1 Å². The molecule has 7 nitrogen and oxygen atoms in total. The Labute approximate surface area is 167 Å². The van der Waals surface area contributed by atoms with Gasteiger partial charge in [-0.1, -0.05) is 19.3 Å². The highest BCUT2D eigenvalue weighted by molar-refractivity contribution is 5.76. The molecule has 2 aliphatic heterocycles. The summed E-state index contributed by atoms with van der Waals surface area (Å²) < 4.78 is 2.22. The average molecular weight is 388 g/mol. The van der Waals surface area contributed by atoms with E-state index in [4.69, 9.17) is 0 Å². The number of hydrogen-bond acceptors (Lipinski definition) is 4. The molecule has 1 aromatic heterocycles. The lowest BCUT2D eigenvalue weighted by atomic mass is 9.86. The molecule has 4 rings (SSSR count). The highest BCUT2D eigenvalue weighted by Gasteiger charge is 2.30. The van der Waals surface area contributed by atoms with Gasteiger partial charge in [0.15, 0.2) is 0 Å². The first-order chi connectivity index (χ1) is 13.6. The van der Waals surface area contributed by atoms with Gasteiger partial charge in [-0.05, 0) is 31.6 Å². The van der Waals surface area contributed by atoms with E-state index in [0.29, 0.717) is 18.2 Å². The number of hydrogen-bond donors (Lipinski definition) is 0. The van der Waals surface area contributed by atoms with E-state index < -0.39 is 0 Å². The minimum Gasteiger partial charge on any atom is -0.342 e. The number of piperidine rings is 1. The summed E-state index contributed by atoms with van der Waals surface area (Å²) in [6, 6.07) is 0. The molecule has 0 N–H and O–H groups in total. The molecule has 1 aliphatic carbocycles. The minimum absolute atomic E-state index is 0.139. The highest BCUT2D eigenvalue weighted by atomic mass is 16.2. The third-order valence-electron chi connectivity index (χ3n) is 6.83. The lowest BCUT2D eigenvalue weighted by Crippen LogP contribution is -2.38. The Morgan fingerprint density at radius 2 is 1.75 bits per heavy atom. The van der Waals surface area contributed by atoms with Crippen molar-refractivity contribution >= 4 is 11.8 Å². The van der Waals surface area contributed by atoms with Crippen molar-refractivity contribution in [3.8, 4) is 0 Å². The zero-order valence-electron chi connectivity index (χ0n) is 17.1. The molecule has 154 valence electrons. The minimum atomic E-state index is 0.139. The highest BCUT2D eigenvalue weighted by Crippen LogP contribution is 2.29. The van der Waals surface area contributed by atoms with Crippen molar-refractivity contribution < 1.29 is 9.59 Å². The van der Waals surface area contributed by atoms with Crippen LogP contribution in [0.5, 0.6) is 0 Å². The Morgan fingerprint density at radius 1 is 0.929 bits per heavy atom. The SMILES string of the molecule is CC(=O)N1CCCC(c2nnc3n2CCN(C(=O)CC2CCCCC2)CC3)C1. The zero-order chi connectivity index (χ0) is 19.5. The van der Waals surface area contributed by atoms with E-state index in [0.717, 1.165) is 63.6 Å². The fourth-order valence-electron chi connectivity index (χ4n) is 5.14. The number of carbonyl (C=O) groups excluding carboxylic acids is 2. The van der Waals surface area contributed by atoms with Crippen molar-refractivity contribution in [3.05, 3.63) is 11.6 Å². The van der Waals surface area contributed by atoms with Crippen molar-refractivity contribution in [2.75, 3.05) is 26.2 Å². The fourth-order valence-corrected chi connectivity index (χ4v) is 5.14. The summed E-state index contributed by atoms with van der Waals surface area (Å²) in [4.78, 5) is 28.6. The van der Waals surface area contributed by atoms with Crippen molar-refractivity contribution in [1.82, 2.24) is 24.6 Å². The van der Waals surface area contributed by atoms with Crippen molar-refractivity contribution in [3.63, 3.8) is 0 Å². The predicted octanol–water partition coefficient (Wildman–Crippen LogP) is 2.36. The zero-order valence-corrected chi connectivity index (χ0v) is 17.1. The van der Waals surface area contributed by atoms with E-state index in [9.17, 15) is 9.59 Å². The van der Waals surface area contributed by atoms with Gasteiger partial charge in [0.1, 0.15) is 11.6 Å². The number of carbonyl (C=O) groups is 2. The molecule has 0 aromatic carbocycles. The van der Waals surface area contributed by atoms with Crippen LogP contribution >= 0.6 is 0 Å². The van der Waals surface area contributed by atoms with Crippen LogP contribution in [0.2, 0.25) is 0 Å². The average Bonchev–Trinajstić information content (AvgIpc) is 3.00. The summed E-state index contributed by atoms with van der Waals surface area (Å²) in [6.07, 6.45) is 9.85. The molecule has 3 heterocycles. The van der Waals surface area contributed by atoms with Gasteiger partial charge in [-0.15, -0.1) is 10.2 Å². The predicted molar refractivity (Wildman–Crippen MR) is 106 cm³/mol. The topological polar surface area (TPSA) is 71.3 Å². The van der Waals surface area contributed by atoms with Crippen LogP contribution in [0.25, 0.3) is 0 Å². The van der Waals surface area contributed by atoms with Crippen LogP contribution in [0, 0.1) is 5.92 Å². The van der Waals surface area contributed by atoms with E-state index in [2.05, 4.69) is 14.8 Å². The molecule has 2 fully saturated rings. The maximum Gasteiger partial charge on any atom is 0.222 e. The Kier molecular flexibility index (Phi) is 5.97. The first-order valence-corrected chi connectivity index (χ1v) is 11.1. The molecule has 0 spiro atoms.